The first-order chi connectivity index (χ1) is 29.9. The van der Waals surface area contributed by atoms with E-state index in [-0.39, 0.29) is 35.6 Å². The first-order valence-corrected chi connectivity index (χ1v) is 22.6. The van der Waals surface area contributed by atoms with E-state index in [1.165, 1.54) is 6.07 Å². The summed E-state index contributed by atoms with van der Waals surface area (Å²) in [5, 5.41) is 20.3. The number of alkyl halides is 3. The molecule has 4 aromatic rings. The lowest BCUT2D eigenvalue weighted by Crippen LogP contribution is -2.54. The Labute approximate surface area is 367 Å². The standard InChI is InChI=1S/C46H52F3N7O6S/c1-45(2,62)30-22-34-36(23-33(30)52-40(58)32-8-5-9-37(51-32)46(47,48)49)63-42(53-34)27-14-10-26(11-15-27)24-55(3)28-16-12-25(13-17-28)20-21-50-31-7-4-6-29-39(31)44(61)56(43(29)60)35-18-19-38(57)54-41(35)59/h4-9,22-23,25-28,35,50,62H,10-21,24H2,1-3H3,(H,52,58)(H,54,57,59). The molecule has 2 saturated carbocycles. The van der Waals surface area contributed by atoms with Crippen molar-refractivity contribution >= 4 is 62.5 Å². The third-order valence-corrected chi connectivity index (χ3v) is 14.4. The predicted octanol–water partition coefficient (Wildman–Crippen LogP) is 7.86. The molecular weight excluding hydrogens is 836 g/mol. The van der Waals surface area contributed by atoms with E-state index in [1.807, 2.05) is 0 Å². The van der Waals surface area contributed by atoms with E-state index < -0.39 is 53.0 Å². The quantitative estimate of drug-likeness (QED) is 0.103. The van der Waals surface area contributed by atoms with Crippen molar-refractivity contribution in [2.24, 2.45) is 11.8 Å². The summed E-state index contributed by atoms with van der Waals surface area (Å²) >= 11 is 1.54. The van der Waals surface area contributed by atoms with Crippen molar-refractivity contribution < 1.29 is 42.3 Å². The molecule has 13 nitrogen and oxygen atoms in total. The fraction of sp³-hybridized carbons (Fsp3) is 0.500. The van der Waals surface area contributed by atoms with Gasteiger partial charge < -0.3 is 20.6 Å². The molecule has 5 amide bonds. The van der Waals surface area contributed by atoms with Crippen LogP contribution in [0.3, 0.4) is 0 Å². The number of anilines is 2. The molecule has 4 aliphatic rings. The Morgan fingerprint density at radius 1 is 0.905 bits per heavy atom. The lowest BCUT2D eigenvalue weighted by molar-refractivity contribution is -0.141. The van der Waals surface area contributed by atoms with Crippen molar-refractivity contribution in [3.05, 3.63) is 81.6 Å². The van der Waals surface area contributed by atoms with Crippen LogP contribution in [0.4, 0.5) is 24.5 Å². The number of halogens is 3. The van der Waals surface area contributed by atoms with E-state index in [0.717, 1.165) is 91.1 Å². The number of carbonyl (C=O) groups excluding carboxylic acids is 5. The Balaban J connectivity index is 0.805. The molecule has 2 aliphatic heterocycles. The lowest BCUT2D eigenvalue weighted by Gasteiger charge is -2.38. The van der Waals surface area contributed by atoms with E-state index in [2.05, 4.69) is 32.9 Å². The average molecular weight is 888 g/mol. The Morgan fingerprint density at radius 3 is 2.32 bits per heavy atom. The summed E-state index contributed by atoms with van der Waals surface area (Å²) in [7, 11) is 2.23. The number of piperidine rings is 1. The number of hydrogen-bond donors (Lipinski definition) is 4. The Morgan fingerprint density at radius 2 is 1.62 bits per heavy atom. The predicted molar refractivity (Wildman–Crippen MR) is 231 cm³/mol. The maximum Gasteiger partial charge on any atom is 0.433 e. The SMILES string of the molecule is CN(CC1CCC(c2nc3cc(C(C)(C)O)c(NC(=O)c4cccc(C(F)(F)F)n4)cc3s2)CC1)C1CCC(CCNc2cccc3c2C(=O)N(C2CCC(=O)NC2=O)C3=O)CC1. The molecule has 1 unspecified atom stereocenters. The van der Waals surface area contributed by atoms with E-state index in [1.54, 1.807) is 55.5 Å². The van der Waals surface area contributed by atoms with Crippen LogP contribution in [0.5, 0.6) is 0 Å². The summed E-state index contributed by atoms with van der Waals surface area (Å²) in [5.41, 5.74) is -0.391. The summed E-state index contributed by atoms with van der Waals surface area (Å²) < 4.78 is 40.6. The number of pyridine rings is 1. The molecule has 1 saturated heterocycles. The molecule has 8 rings (SSSR count). The molecule has 3 fully saturated rings. The maximum atomic E-state index is 13.5. The lowest BCUT2D eigenvalue weighted by atomic mass is 9.80. The summed E-state index contributed by atoms with van der Waals surface area (Å²) in [6.07, 6.45) is 5.03. The molecule has 4 N–H and O–H groups in total. The van der Waals surface area contributed by atoms with Crippen molar-refractivity contribution in [2.45, 2.75) is 114 Å². The van der Waals surface area contributed by atoms with Crippen LogP contribution in [0.15, 0.2) is 48.5 Å². The highest BCUT2D eigenvalue weighted by atomic mass is 32.1. The molecule has 2 aromatic heterocycles. The van der Waals surface area contributed by atoms with Crippen molar-refractivity contribution in [3.63, 3.8) is 0 Å². The number of nitrogens with zero attached hydrogens (tertiary/aromatic N) is 4. The van der Waals surface area contributed by atoms with Crippen molar-refractivity contribution in [1.29, 1.82) is 0 Å². The third-order valence-electron chi connectivity index (χ3n) is 13.2. The van der Waals surface area contributed by atoms with Crippen molar-refractivity contribution in [3.8, 4) is 0 Å². The molecule has 1 atom stereocenters. The van der Waals surface area contributed by atoms with E-state index >= 15 is 0 Å². The van der Waals surface area contributed by atoms with Gasteiger partial charge in [-0.05, 0) is 133 Å². The van der Waals surface area contributed by atoms with Gasteiger partial charge in [0.05, 0.1) is 32.0 Å². The van der Waals surface area contributed by atoms with Gasteiger partial charge in [-0.1, -0.05) is 12.1 Å². The van der Waals surface area contributed by atoms with Gasteiger partial charge >= 0.3 is 6.18 Å². The van der Waals surface area contributed by atoms with Gasteiger partial charge in [0.1, 0.15) is 17.4 Å². The molecule has 2 aromatic carbocycles. The number of fused-ring (bicyclic) bond motifs is 2. The van der Waals surface area contributed by atoms with Crippen LogP contribution in [-0.2, 0) is 21.4 Å². The highest BCUT2D eigenvalue weighted by Gasteiger charge is 2.45. The number of carbonyl (C=O) groups is 5. The van der Waals surface area contributed by atoms with Crippen LogP contribution in [0.2, 0.25) is 0 Å². The van der Waals surface area contributed by atoms with Gasteiger partial charge in [-0.15, -0.1) is 11.3 Å². The second-order valence-corrected chi connectivity index (χ2v) is 19.1. The van der Waals surface area contributed by atoms with Gasteiger partial charge in [0.2, 0.25) is 11.8 Å². The van der Waals surface area contributed by atoms with Gasteiger partial charge in [-0.3, -0.25) is 34.2 Å². The van der Waals surface area contributed by atoms with Crippen LogP contribution in [0.1, 0.15) is 138 Å². The van der Waals surface area contributed by atoms with Crippen LogP contribution < -0.4 is 16.0 Å². The topological polar surface area (TPSA) is 174 Å². The number of hydrogen-bond acceptors (Lipinski definition) is 11. The Bertz CT molecular complexity index is 2430. The minimum Gasteiger partial charge on any atom is -0.386 e. The van der Waals surface area contributed by atoms with E-state index in [0.29, 0.717) is 46.9 Å². The molecule has 334 valence electrons. The minimum atomic E-state index is -4.69. The third kappa shape index (κ3) is 9.51. The zero-order valence-corrected chi connectivity index (χ0v) is 36.3. The molecular formula is C46H52F3N7O6S. The smallest absolute Gasteiger partial charge is 0.386 e. The van der Waals surface area contributed by atoms with Gasteiger partial charge in [0, 0.05) is 48.4 Å². The maximum absolute atomic E-state index is 13.5. The summed E-state index contributed by atoms with van der Waals surface area (Å²) in [4.78, 5) is 75.9. The van der Waals surface area contributed by atoms with Crippen LogP contribution in [0, 0.1) is 11.8 Å². The number of amides is 5. The number of benzene rings is 2. The minimum absolute atomic E-state index is 0.0734. The number of imide groups is 2. The Hall–Kier alpha value is -5.26. The number of nitrogens with one attached hydrogen (secondary N) is 3. The average Bonchev–Trinajstić information content (AvgIpc) is 3.78. The fourth-order valence-electron chi connectivity index (χ4n) is 9.78. The van der Waals surface area contributed by atoms with Gasteiger partial charge in [-0.2, -0.15) is 13.2 Å². The number of rotatable bonds is 12. The molecule has 0 spiro atoms. The molecule has 0 radical (unpaired) electrons. The first-order valence-electron chi connectivity index (χ1n) is 21.8. The molecule has 2 aliphatic carbocycles. The summed E-state index contributed by atoms with van der Waals surface area (Å²) in [6, 6.07) is 11.3. The van der Waals surface area contributed by atoms with Crippen LogP contribution in [0.25, 0.3) is 10.2 Å². The summed E-state index contributed by atoms with van der Waals surface area (Å²) in [5.74, 6) is -1.47. The van der Waals surface area contributed by atoms with Gasteiger partial charge in [-0.25, -0.2) is 9.97 Å². The molecule has 4 heterocycles. The molecule has 63 heavy (non-hydrogen) atoms. The first kappa shape index (κ1) is 44.4. The highest BCUT2D eigenvalue weighted by molar-refractivity contribution is 7.18. The number of thiazole rings is 1. The van der Waals surface area contributed by atoms with Gasteiger partial charge in [0.15, 0.2) is 0 Å². The largest absolute Gasteiger partial charge is 0.433 e. The molecule has 0 bridgehead atoms. The highest BCUT2D eigenvalue weighted by Crippen LogP contribution is 2.42. The normalized spacial score (nSPS) is 23.3. The van der Waals surface area contributed by atoms with Gasteiger partial charge in [0.25, 0.3) is 17.7 Å². The monoisotopic (exact) mass is 887 g/mol. The van der Waals surface area contributed by atoms with Crippen molar-refractivity contribution in [2.75, 3.05) is 30.8 Å². The van der Waals surface area contributed by atoms with E-state index in [9.17, 15) is 42.3 Å². The zero-order valence-electron chi connectivity index (χ0n) is 35.5. The van der Waals surface area contributed by atoms with Crippen molar-refractivity contribution in [1.82, 2.24) is 25.1 Å². The second kappa shape index (κ2) is 17.7. The Kier molecular flexibility index (Phi) is 12.5. The van der Waals surface area contributed by atoms with E-state index in [4.69, 9.17) is 4.98 Å². The molecule has 17 heteroatoms. The number of aliphatic hydroxyl groups is 1. The van der Waals surface area contributed by atoms with Crippen LogP contribution in [-0.4, -0.2) is 86.6 Å². The zero-order chi connectivity index (χ0) is 44.8. The number of aromatic nitrogens is 2. The summed E-state index contributed by atoms with van der Waals surface area (Å²) in [6.45, 7) is 4.85. The fourth-order valence-corrected chi connectivity index (χ4v) is 10.9. The second-order valence-electron chi connectivity index (χ2n) is 18.1. The van der Waals surface area contributed by atoms with Crippen LogP contribution >= 0.6 is 11.3 Å².